The molecular formula is C12H16FNO2. The highest BCUT2D eigenvalue weighted by molar-refractivity contribution is 5.50. The lowest BCUT2D eigenvalue weighted by atomic mass is 10.1. The number of nitrogens with one attached hydrogen (secondary N) is 1. The van der Waals surface area contributed by atoms with Gasteiger partial charge in [-0.15, -0.1) is 0 Å². The van der Waals surface area contributed by atoms with E-state index in [-0.39, 0.29) is 11.9 Å². The Kier molecular flexibility index (Phi) is 3.62. The van der Waals surface area contributed by atoms with Crippen molar-refractivity contribution in [3.8, 4) is 5.75 Å². The van der Waals surface area contributed by atoms with Crippen molar-refractivity contribution in [1.29, 1.82) is 0 Å². The van der Waals surface area contributed by atoms with Crippen LogP contribution in [-0.4, -0.2) is 26.4 Å². The lowest BCUT2D eigenvalue weighted by Gasteiger charge is -2.24. The van der Waals surface area contributed by atoms with E-state index in [4.69, 9.17) is 9.47 Å². The van der Waals surface area contributed by atoms with Gasteiger partial charge in [-0.05, 0) is 25.0 Å². The van der Waals surface area contributed by atoms with Crippen LogP contribution in [0.2, 0.25) is 0 Å². The summed E-state index contributed by atoms with van der Waals surface area (Å²) in [6, 6.07) is 4.88. The molecule has 1 unspecified atom stereocenters. The Balaban J connectivity index is 2.06. The van der Waals surface area contributed by atoms with Crippen molar-refractivity contribution in [3.63, 3.8) is 0 Å². The van der Waals surface area contributed by atoms with Gasteiger partial charge in [0.05, 0.1) is 19.4 Å². The molecule has 88 valence electrons. The topological polar surface area (TPSA) is 30.5 Å². The summed E-state index contributed by atoms with van der Waals surface area (Å²) in [5.74, 6) is 0.395. The van der Waals surface area contributed by atoms with E-state index in [9.17, 15) is 4.39 Å². The fourth-order valence-corrected chi connectivity index (χ4v) is 1.82. The summed E-state index contributed by atoms with van der Waals surface area (Å²) in [5, 5.41) is 3.14. The van der Waals surface area contributed by atoms with E-state index in [0.29, 0.717) is 18.0 Å². The van der Waals surface area contributed by atoms with Gasteiger partial charge >= 0.3 is 0 Å². The molecule has 0 amide bonds. The first-order valence-electron chi connectivity index (χ1n) is 5.47. The van der Waals surface area contributed by atoms with Crippen molar-refractivity contribution < 1.29 is 13.9 Å². The minimum Gasteiger partial charge on any atom is -0.497 e. The number of methoxy groups -OCH3 is 1. The fourth-order valence-electron chi connectivity index (χ4n) is 1.82. The fraction of sp³-hybridized carbons (Fsp3) is 0.500. The lowest BCUT2D eigenvalue weighted by Crippen LogP contribution is -2.30. The van der Waals surface area contributed by atoms with Crippen LogP contribution in [0, 0.1) is 5.82 Å². The van der Waals surface area contributed by atoms with Gasteiger partial charge in [-0.25, -0.2) is 4.39 Å². The number of hydrogen-bond acceptors (Lipinski definition) is 3. The molecule has 0 radical (unpaired) electrons. The number of hydrogen-bond donors (Lipinski definition) is 1. The molecule has 1 aliphatic rings. The number of anilines is 1. The van der Waals surface area contributed by atoms with Crippen molar-refractivity contribution in [2.75, 3.05) is 25.6 Å². The average Bonchev–Trinajstić information content (AvgIpc) is 2.33. The van der Waals surface area contributed by atoms with Crippen LogP contribution in [0.5, 0.6) is 5.75 Å². The molecule has 16 heavy (non-hydrogen) atoms. The first-order valence-corrected chi connectivity index (χ1v) is 5.47. The second-order valence-corrected chi connectivity index (χ2v) is 3.90. The number of ether oxygens (including phenoxy) is 2. The largest absolute Gasteiger partial charge is 0.497 e. The molecule has 0 aromatic heterocycles. The van der Waals surface area contributed by atoms with Crippen molar-refractivity contribution in [3.05, 3.63) is 24.0 Å². The Morgan fingerprint density at radius 2 is 2.38 bits per heavy atom. The molecule has 0 aliphatic carbocycles. The zero-order valence-corrected chi connectivity index (χ0v) is 9.33. The highest BCUT2D eigenvalue weighted by Crippen LogP contribution is 2.23. The van der Waals surface area contributed by atoms with Crippen LogP contribution in [-0.2, 0) is 4.74 Å². The maximum atomic E-state index is 13.5. The van der Waals surface area contributed by atoms with Gasteiger partial charge in [-0.1, -0.05) is 0 Å². The van der Waals surface area contributed by atoms with Crippen LogP contribution >= 0.6 is 0 Å². The number of rotatable bonds is 3. The third kappa shape index (κ3) is 2.64. The first kappa shape index (κ1) is 11.2. The molecule has 2 rings (SSSR count). The highest BCUT2D eigenvalue weighted by Gasteiger charge is 2.15. The molecule has 1 saturated heterocycles. The van der Waals surface area contributed by atoms with Crippen LogP contribution < -0.4 is 10.1 Å². The minimum absolute atomic E-state index is 0.190. The van der Waals surface area contributed by atoms with Crippen LogP contribution in [0.4, 0.5) is 10.1 Å². The van der Waals surface area contributed by atoms with E-state index < -0.39 is 0 Å². The van der Waals surface area contributed by atoms with Gasteiger partial charge in [0.15, 0.2) is 0 Å². The van der Waals surface area contributed by atoms with Crippen molar-refractivity contribution in [2.45, 2.75) is 18.9 Å². The zero-order chi connectivity index (χ0) is 11.4. The average molecular weight is 225 g/mol. The van der Waals surface area contributed by atoms with E-state index in [1.54, 1.807) is 19.2 Å². The molecule has 1 fully saturated rings. The minimum atomic E-state index is -0.258. The Hall–Kier alpha value is -1.29. The molecule has 4 heteroatoms. The third-order valence-electron chi connectivity index (χ3n) is 2.69. The summed E-state index contributed by atoms with van der Waals surface area (Å²) >= 11 is 0. The van der Waals surface area contributed by atoms with Crippen molar-refractivity contribution >= 4 is 5.69 Å². The van der Waals surface area contributed by atoms with E-state index in [0.717, 1.165) is 19.4 Å². The molecular weight excluding hydrogens is 209 g/mol. The normalized spacial score (nSPS) is 20.5. The Morgan fingerprint density at radius 1 is 1.50 bits per heavy atom. The van der Waals surface area contributed by atoms with Gasteiger partial charge < -0.3 is 14.8 Å². The van der Waals surface area contributed by atoms with Gasteiger partial charge in [0.1, 0.15) is 11.6 Å². The molecule has 0 spiro atoms. The van der Waals surface area contributed by atoms with E-state index in [2.05, 4.69) is 5.32 Å². The molecule has 1 N–H and O–H groups in total. The summed E-state index contributed by atoms with van der Waals surface area (Å²) in [5.41, 5.74) is 0.481. The highest BCUT2D eigenvalue weighted by atomic mass is 19.1. The molecule has 1 heterocycles. The summed E-state index contributed by atoms with van der Waals surface area (Å²) in [4.78, 5) is 0. The molecule has 0 bridgehead atoms. The maximum Gasteiger partial charge on any atom is 0.146 e. The SMILES string of the molecule is COc1ccc(F)c(NC2CCCOC2)c1. The zero-order valence-electron chi connectivity index (χ0n) is 9.33. The van der Waals surface area contributed by atoms with E-state index >= 15 is 0 Å². The van der Waals surface area contributed by atoms with E-state index in [1.807, 2.05) is 0 Å². The number of benzene rings is 1. The standard InChI is InChI=1S/C12H16FNO2/c1-15-10-4-5-11(13)12(7-10)14-9-3-2-6-16-8-9/h4-5,7,9,14H,2-3,6,8H2,1H3. The molecule has 1 atom stereocenters. The second-order valence-electron chi connectivity index (χ2n) is 3.90. The molecule has 1 aliphatic heterocycles. The predicted octanol–water partition coefficient (Wildman–Crippen LogP) is 2.43. The third-order valence-corrected chi connectivity index (χ3v) is 2.69. The Labute approximate surface area is 94.6 Å². The molecule has 0 saturated carbocycles. The summed E-state index contributed by atoms with van der Waals surface area (Å²) < 4.78 is 23.9. The smallest absolute Gasteiger partial charge is 0.146 e. The van der Waals surface area contributed by atoms with Crippen molar-refractivity contribution in [1.82, 2.24) is 0 Å². The predicted molar refractivity (Wildman–Crippen MR) is 60.4 cm³/mol. The van der Waals surface area contributed by atoms with Crippen LogP contribution in [0.1, 0.15) is 12.8 Å². The number of halogens is 1. The summed E-state index contributed by atoms with van der Waals surface area (Å²) in [7, 11) is 1.57. The Bertz CT molecular complexity index is 351. The maximum absolute atomic E-state index is 13.5. The van der Waals surface area contributed by atoms with Gasteiger partial charge in [-0.3, -0.25) is 0 Å². The van der Waals surface area contributed by atoms with Gasteiger partial charge in [-0.2, -0.15) is 0 Å². The molecule has 1 aromatic carbocycles. The van der Waals surface area contributed by atoms with E-state index in [1.165, 1.54) is 6.07 Å². The van der Waals surface area contributed by atoms with Crippen LogP contribution in [0.15, 0.2) is 18.2 Å². The van der Waals surface area contributed by atoms with Gasteiger partial charge in [0, 0.05) is 18.7 Å². The quantitative estimate of drug-likeness (QED) is 0.857. The lowest BCUT2D eigenvalue weighted by molar-refractivity contribution is 0.0875. The first-order chi connectivity index (χ1) is 7.79. The van der Waals surface area contributed by atoms with Crippen molar-refractivity contribution in [2.24, 2.45) is 0 Å². The van der Waals surface area contributed by atoms with Gasteiger partial charge in [0.2, 0.25) is 0 Å². The molecule has 1 aromatic rings. The van der Waals surface area contributed by atoms with Gasteiger partial charge in [0.25, 0.3) is 0 Å². The second kappa shape index (κ2) is 5.16. The molecule has 3 nitrogen and oxygen atoms in total. The monoisotopic (exact) mass is 225 g/mol. The Morgan fingerprint density at radius 3 is 3.06 bits per heavy atom. The summed E-state index contributed by atoms with van der Waals surface area (Å²) in [6.07, 6.45) is 2.03. The van der Waals surface area contributed by atoms with Crippen LogP contribution in [0.25, 0.3) is 0 Å². The summed E-state index contributed by atoms with van der Waals surface area (Å²) in [6.45, 7) is 1.44. The van der Waals surface area contributed by atoms with Crippen LogP contribution in [0.3, 0.4) is 0 Å².